The molecule has 5 nitrogen and oxygen atoms in total. The number of methoxy groups -OCH3 is 2. The second kappa shape index (κ2) is 14.1. The van der Waals surface area contributed by atoms with Crippen LogP contribution in [-0.4, -0.2) is 31.2 Å². The number of carbonyl (C=O) groups is 1. The Morgan fingerprint density at radius 2 is 1.91 bits per heavy atom. The van der Waals surface area contributed by atoms with Crippen molar-refractivity contribution in [1.82, 2.24) is 10.3 Å². The average Bonchev–Trinajstić information content (AvgIpc) is 2.81. The number of benzene rings is 1. The van der Waals surface area contributed by atoms with E-state index >= 15 is 0 Å². The molecule has 5 heteroatoms. The molecule has 0 aliphatic carbocycles. The number of amides is 1. The van der Waals surface area contributed by atoms with Crippen molar-refractivity contribution in [2.45, 2.75) is 58.4 Å². The largest absolute Gasteiger partial charge is 0.497 e. The van der Waals surface area contributed by atoms with Gasteiger partial charge in [-0.1, -0.05) is 31.6 Å². The highest BCUT2D eigenvalue weighted by atomic mass is 16.5. The molecule has 0 unspecified atom stereocenters. The molecule has 0 fully saturated rings. The van der Waals surface area contributed by atoms with Crippen molar-refractivity contribution in [2.24, 2.45) is 0 Å². The fraction of sp³-hybridized carbons (Fsp3) is 0.407. The van der Waals surface area contributed by atoms with Crippen molar-refractivity contribution in [1.29, 1.82) is 0 Å². The number of aryl methyl sites for hydroxylation is 1. The van der Waals surface area contributed by atoms with Crippen LogP contribution in [-0.2, 0) is 11.2 Å². The number of carbonyl (C=O) groups excluding carboxylic acids is 1. The standard InChI is InChI=1S/C27H36N2O3/c1-5-6-13-23(24-17-25(31-3)19-26(18-24)32-4)14-8-15-27(30)29-21(2)10-7-11-22-12-9-16-28-20-22/h8-9,12,14-21H,5-7,10-11,13H2,1-4H3,(H,29,30)/b15-8+,23-14+/t21-/m1/s1. The molecular weight excluding hydrogens is 400 g/mol. The number of aromatic nitrogens is 1. The Hall–Kier alpha value is -3.08. The number of unbranched alkanes of at least 4 members (excludes halogenated alkanes) is 1. The first kappa shape index (κ1) is 25.2. The van der Waals surface area contributed by atoms with Crippen molar-refractivity contribution in [3.63, 3.8) is 0 Å². The summed E-state index contributed by atoms with van der Waals surface area (Å²) in [4.78, 5) is 16.5. The second-order valence-corrected chi connectivity index (χ2v) is 7.92. The van der Waals surface area contributed by atoms with Gasteiger partial charge in [0.05, 0.1) is 14.2 Å². The lowest BCUT2D eigenvalue weighted by atomic mass is 9.99. The van der Waals surface area contributed by atoms with Crippen LogP contribution in [0, 0.1) is 0 Å². The molecule has 1 heterocycles. The van der Waals surface area contributed by atoms with Gasteiger partial charge in [0.1, 0.15) is 11.5 Å². The number of rotatable bonds is 13. The van der Waals surface area contributed by atoms with Crippen LogP contribution in [0.4, 0.5) is 0 Å². The first-order chi connectivity index (χ1) is 15.5. The summed E-state index contributed by atoms with van der Waals surface area (Å²) >= 11 is 0. The number of hydrogen-bond donors (Lipinski definition) is 1. The Balaban J connectivity index is 1.95. The topological polar surface area (TPSA) is 60.5 Å². The molecule has 172 valence electrons. The molecule has 0 saturated heterocycles. The zero-order valence-corrected chi connectivity index (χ0v) is 19.8. The van der Waals surface area contributed by atoms with Crippen molar-refractivity contribution >= 4 is 11.5 Å². The van der Waals surface area contributed by atoms with E-state index in [4.69, 9.17) is 9.47 Å². The van der Waals surface area contributed by atoms with Gasteiger partial charge in [0, 0.05) is 30.6 Å². The molecule has 0 spiro atoms. The third kappa shape index (κ3) is 8.96. The molecule has 2 aromatic rings. The number of pyridine rings is 1. The van der Waals surface area contributed by atoms with Gasteiger partial charge in [-0.05, 0) is 73.9 Å². The lowest BCUT2D eigenvalue weighted by Crippen LogP contribution is -2.31. The monoisotopic (exact) mass is 436 g/mol. The molecule has 0 radical (unpaired) electrons. The lowest BCUT2D eigenvalue weighted by molar-refractivity contribution is -0.117. The van der Waals surface area contributed by atoms with E-state index in [0.29, 0.717) is 0 Å². The summed E-state index contributed by atoms with van der Waals surface area (Å²) in [5, 5.41) is 3.05. The fourth-order valence-corrected chi connectivity index (χ4v) is 3.46. The Morgan fingerprint density at radius 3 is 2.53 bits per heavy atom. The maximum absolute atomic E-state index is 12.3. The van der Waals surface area contributed by atoms with E-state index in [9.17, 15) is 4.79 Å². The second-order valence-electron chi connectivity index (χ2n) is 7.92. The molecule has 1 aromatic heterocycles. The SMILES string of the molecule is CCCC/C(=C\C=C\C(=O)N[C@H](C)CCCc1cccnc1)c1cc(OC)cc(OC)c1. The normalized spacial score (nSPS) is 12.6. The van der Waals surface area contributed by atoms with Crippen LogP contribution in [0.1, 0.15) is 57.1 Å². The van der Waals surface area contributed by atoms with Crippen molar-refractivity contribution in [3.8, 4) is 11.5 Å². The van der Waals surface area contributed by atoms with Gasteiger partial charge in [0.25, 0.3) is 0 Å². The van der Waals surface area contributed by atoms with E-state index in [0.717, 1.165) is 61.2 Å². The van der Waals surface area contributed by atoms with E-state index < -0.39 is 0 Å². The maximum atomic E-state index is 12.3. The molecule has 0 saturated carbocycles. The summed E-state index contributed by atoms with van der Waals surface area (Å²) < 4.78 is 10.8. The summed E-state index contributed by atoms with van der Waals surface area (Å²) in [5.41, 5.74) is 3.42. The molecule has 1 aromatic carbocycles. The van der Waals surface area contributed by atoms with Crippen LogP contribution in [0.3, 0.4) is 0 Å². The van der Waals surface area contributed by atoms with Crippen LogP contribution >= 0.6 is 0 Å². The van der Waals surface area contributed by atoms with Crippen LogP contribution < -0.4 is 14.8 Å². The molecule has 0 aliphatic rings. The molecule has 0 aliphatic heterocycles. The zero-order chi connectivity index (χ0) is 23.2. The highest BCUT2D eigenvalue weighted by Gasteiger charge is 2.07. The van der Waals surface area contributed by atoms with E-state index in [1.54, 1.807) is 26.5 Å². The average molecular weight is 437 g/mol. The molecular formula is C27H36N2O3. The quantitative estimate of drug-likeness (QED) is 0.320. The van der Waals surface area contributed by atoms with Gasteiger partial charge in [-0.3, -0.25) is 9.78 Å². The van der Waals surface area contributed by atoms with Gasteiger partial charge in [-0.15, -0.1) is 0 Å². The Labute approximate surface area is 192 Å². The lowest BCUT2D eigenvalue weighted by Gasteiger charge is -2.12. The van der Waals surface area contributed by atoms with E-state index in [1.165, 1.54) is 5.56 Å². The highest BCUT2D eigenvalue weighted by molar-refractivity contribution is 5.88. The zero-order valence-electron chi connectivity index (χ0n) is 19.8. The van der Waals surface area contributed by atoms with Gasteiger partial charge in [-0.2, -0.15) is 0 Å². The van der Waals surface area contributed by atoms with E-state index in [2.05, 4.69) is 23.3 Å². The summed E-state index contributed by atoms with van der Waals surface area (Å²) in [6.07, 6.45) is 15.1. The summed E-state index contributed by atoms with van der Waals surface area (Å²) in [6, 6.07) is 10.0. The predicted molar refractivity (Wildman–Crippen MR) is 131 cm³/mol. The first-order valence-corrected chi connectivity index (χ1v) is 11.4. The maximum Gasteiger partial charge on any atom is 0.244 e. The van der Waals surface area contributed by atoms with Gasteiger partial charge in [-0.25, -0.2) is 0 Å². The molecule has 1 amide bonds. The number of nitrogens with zero attached hydrogens (tertiary/aromatic N) is 1. The number of nitrogens with one attached hydrogen (secondary N) is 1. The minimum atomic E-state index is -0.0757. The fourth-order valence-electron chi connectivity index (χ4n) is 3.46. The van der Waals surface area contributed by atoms with Crippen LogP contribution in [0.5, 0.6) is 11.5 Å². The minimum absolute atomic E-state index is 0.0757. The summed E-state index contributed by atoms with van der Waals surface area (Å²) in [5.74, 6) is 1.43. The van der Waals surface area contributed by atoms with Gasteiger partial charge >= 0.3 is 0 Å². The van der Waals surface area contributed by atoms with Crippen LogP contribution in [0.2, 0.25) is 0 Å². The van der Waals surface area contributed by atoms with Crippen LogP contribution in [0.25, 0.3) is 5.57 Å². The van der Waals surface area contributed by atoms with Gasteiger partial charge in [0.2, 0.25) is 5.91 Å². The third-order valence-corrected chi connectivity index (χ3v) is 5.28. The molecule has 0 bridgehead atoms. The van der Waals surface area contributed by atoms with Crippen molar-refractivity contribution in [2.75, 3.05) is 14.2 Å². The van der Waals surface area contributed by atoms with E-state index in [1.807, 2.05) is 49.5 Å². The number of hydrogen-bond acceptors (Lipinski definition) is 4. The van der Waals surface area contributed by atoms with Crippen molar-refractivity contribution < 1.29 is 14.3 Å². The number of ether oxygens (including phenoxy) is 2. The van der Waals surface area contributed by atoms with Gasteiger partial charge in [0.15, 0.2) is 0 Å². The Morgan fingerprint density at radius 1 is 1.16 bits per heavy atom. The van der Waals surface area contributed by atoms with Crippen molar-refractivity contribution in [3.05, 3.63) is 72.1 Å². The Kier molecular flexibility index (Phi) is 11.1. The molecule has 1 N–H and O–H groups in total. The minimum Gasteiger partial charge on any atom is -0.497 e. The Bertz CT molecular complexity index is 869. The summed E-state index contributed by atoms with van der Waals surface area (Å²) in [6.45, 7) is 4.21. The third-order valence-electron chi connectivity index (χ3n) is 5.28. The van der Waals surface area contributed by atoms with Gasteiger partial charge < -0.3 is 14.8 Å². The first-order valence-electron chi connectivity index (χ1n) is 11.4. The number of allylic oxidation sites excluding steroid dienone is 3. The van der Waals surface area contributed by atoms with Crippen LogP contribution in [0.15, 0.2) is 61.0 Å². The molecule has 1 atom stereocenters. The molecule has 32 heavy (non-hydrogen) atoms. The smallest absolute Gasteiger partial charge is 0.244 e. The predicted octanol–water partition coefficient (Wildman–Crippen LogP) is 5.76. The summed E-state index contributed by atoms with van der Waals surface area (Å²) in [7, 11) is 3.30. The van der Waals surface area contributed by atoms with E-state index in [-0.39, 0.29) is 11.9 Å². The molecule has 2 rings (SSSR count). The highest BCUT2D eigenvalue weighted by Crippen LogP contribution is 2.29.